The van der Waals surface area contributed by atoms with E-state index in [1.54, 1.807) is 23.1 Å². The molecule has 0 atom stereocenters. The van der Waals surface area contributed by atoms with Crippen molar-refractivity contribution < 1.29 is 9.18 Å². The van der Waals surface area contributed by atoms with Crippen LogP contribution in [0.3, 0.4) is 0 Å². The first-order valence-electron chi connectivity index (χ1n) is 6.97. The van der Waals surface area contributed by atoms with Crippen LogP contribution < -0.4 is 0 Å². The number of hydrogen-bond donors (Lipinski definition) is 0. The lowest BCUT2D eigenvalue weighted by atomic mass is 10.0. The topological polar surface area (TPSA) is 20.3 Å². The summed E-state index contributed by atoms with van der Waals surface area (Å²) in [5.74, 6) is -0.717. The van der Waals surface area contributed by atoms with Gasteiger partial charge >= 0.3 is 0 Å². The number of carbonyl (C=O) groups is 1. The molecule has 1 heterocycles. The largest absolute Gasteiger partial charge is 0.338 e. The Morgan fingerprint density at radius 3 is 2.24 bits per heavy atom. The molecule has 21 heavy (non-hydrogen) atoms. The normalized spacial score (nSPS) is 14.5. The van der Waals surface area contributed by atoms with E-state index in [1.165, 1.54) is 11.1 Å². The third kappa shape index (κ3) is 2.86. The van der Waals surface area contributed by atoms with Crippen molar-refractivity contribution in [1.82, 2.24) is 4.90 Å². The summed E-state index contributed by atoms with van der Waals surface area (Å²) in [4.78, 5) is 14.3. The summed E-state index contributed by atoms with van der Waals surface area (Å²) in [7, 11) is 0. The molecule has 1 aliphatic heterocycles. The number of rotatable bonds is 1. The maximum Gasteiger partial charge on any atom is 0.256 e. The van der Waals surface area contributed by atoms with E-state index in [2.05, 4.69) is 28.1 Å². The lowest BCUT2D eigenvalue weighted by Gasteiger charge is -2.20. The highest BCUT2D eigenvalue weighted by Crippen LogP contribution is 2.22. The molecule has 1 amide bonds. The number of hydrogen-bond acceptors (Lipinski definition) is 1. The van der Waals surface area contributed by atoms with Crippen LogP contribution >= 0.6 is 15.9 Å². The molecular weight excluding hydrogens is 333 g/mol. The molecule has 0 fully saturated rings. The Balaban J connectivity index is 1.83. The van der Waals surface area contributed by atoms with Crippen LogP contribution in [-0.4, -0.2) is 23.9 Å². The van der Waals surface area contributed by atoms with Gasteiger partial charge in [0.2, 0.25) is 0 Å². The smallest absolute Gasteiger partial charge is 0.256 e. The molecule has 4 heteroatoms. The molecule has 2 nitrogen and oxygen atoms in total. The third-order valence-electron chi connectivity index (χ3n) is 3.89. The predicted molar refractivity (Wildman–Crippen MR) is 83.9 cm³/mol. The van der Waals surface area contributed by atoms with Crippen LogP contribution in [0.4, 0.5) is 4.39 Å². The SMILES string of the molecule is O=C(c1cccc(Br)c1F)N1CCc2ccccc2CC1. The Bertz CT molecular complexity index is 659. The predicted octanol–water partition coefficient (Wildman–Crippen LogP) is 3.83. The van der Waals surface area contributed by atoms with Crippen LogP contribution in [0.2, 0.25) is 0 Å². The van der Waals surface area contributed by atoms with E-state index in [4.69, 9.17) is 0 Å². The quantitative estimate of drug-likeness (QED) is 0.767. The molecular formula is C17H15BrFNO. The van der Waals surface area contributed by atoms with Gasteiger partial charge in [-0.25, -0.2) is 4.39 Å². The zero-order valence-electron chi connectivity index (χ0n) is 11.5. The number of halogens is 2. The lowest BCUT2D eigenvalue weighted by molar-refractivity contribution is 0.0758. The van der Waals surface area contributed by atoms with Crippen molar-refractivity contribution in [2.24, 2.45) is 0 Å². The lowest BCUT2D eigenvalue weighted by Crippen LogP contribution is -2.33. The van der Waals surface area contributed by atoms with Crippen LogP contribution in [0.15, 0.2) is 46.9 Å². The van der Waals surface area contributed by atoms with E-state index in [0.29, 0.717) is 17.6 Å². The molecule has 0 unspecified atom stereocenters. The van der Waals surface area contributed by atoms with Crippen LogP contribution in [0, 0.1) is 5.82 Å². The van der Waals surface area contributed by atoms with Crippen molar-refractivity contribution in [3.05, 3.63) is 69.4 Å². The Morgan fingerprint density at radius 2 is 1.62 bits per heavy atom. The fourth-order valence-electron chi connectivity index (χ4n) is 2.71. The molecule has 2 aromatic rings. The van der Waals surface area contributed by atoms with Crippen molar-refractivity contribution in [1.29, 1.82) is 0 Å². The summed E-state index contributed by atoms with van der Waals surface area (Å²) >= 11 is 3.13. The minimum Gasteiger partial charge on any atom is -0.338 e. The summed E-state index contributed by atoms with van der Waals surface area (Å²) in [5.41, 5.74) is 2.69. The van der Waals surface area contributed by atoms with Gasteiger partial charge in [0.15, 0.2) is 0 Å². The highest BCUT2D eigenvalue weighted by molar-refractivity contribution is 9.10. The van der Waals surface area contributed by atoms with Gasteiger partial charge in [0.1, 0.15) is 5.82 Å². The molecule has 0 aromatic heterocycles. The standard InChI is InChI=1S/C17H15BrFNO/c18-15-7-3-6-14(16(15)19)17(21)20-10-8-12-4-1-2-5-13(12)9-11-20/h1-7H,8-11H2. The first kappa shape index (κ1) is 14.3. The monoisotopic (exact) mass is 347 g/mol. The maximum absolute atomic E-state index is 14.1. The number of fused-ring (bicyclic) bond motifs is 1. The van der Waals surface area contributed by atoms with Crippen molar-refractivity contribution >= 4 is 21.8 Å². The molecule has 1 aliphatic rings. The van der Waals surface area contributed by atoms with Crippen LogP contribution in [-0.2, 0) is 12.8 Å². The van der Waals surface area contributed by atoms with Crippen molar-refractivity contribution in [2.45, 2.75) is 12.8 Å². The van der Waals surface area contributed by atoms with Crippen molar-refractivity contribution in [2.75, 3.05) is 13.1 Å². The van der Waals surface area contributed by atoms with E-state index in [0.717, 1.165) is 12.8 Å². The minimum absolute atomic E-state index is 0.135. The van der Waals surface area contributed by atoms with E-state index < -0.39 is 5.82 Å². The molecule has 2 aromatic carbocycles. The molecule has 108 valence electrons. The molecule has 0 N–H and O–H groups in total. The highest BCUT2D eigenvalue weighted by atomic mass is 79.9. The first-order chi connectivity index (χ1) is 10.2. The first-order valence-corrected chi connectivity index (χ1v) is 7.76. The second kappa shape index (κ2) is 5.98. The average molecular weight is 348 g/mol. The Labute approximate surface area is 131 Å². The maximum atomic E-state index is 14.1. The number of carbonyl (C=O) groups excluding carboxylic acids is 1. The molecule has 0 radical (unpaired) electrons. The third-order valence-corrected chi connectivity index (χ3v) is 4.50. The number of nitrogens with zero attached hydrogens (tertiary/aromatic N) is 1. The van der Waals surface area contributed by atoms with Gasteiger partial charge in [0.05, 0.1) is 10.0 Å². The number of benzene rings is 2. The second-order valence-electron chi connectivity index (χ2n) is 5.16. The van der Waals surface area contributed by atoms with E-state index in [9.17, 15) is 9.18 Å². The fraction of sp³-hybridized carbons (Fsp3) is 0.235. The highest BCUT2D eigenvalue weighted by Gasteiger charge is 2.22. The van der Waals surface area contributed by atoms with Gasteiger partial charge in [-0.3, -0.25) is 4.79 Å². The Morgan fingerprint density at radius 1 is 1.00 bits per heavy atom. The molecule has 0 spiro atoms. The zero-order valence-corrected chi connectivity index (χ0v) is 13.1. The van der Waals surface area contributed by atoms with E-state index in [-0.39, 0.29) is 11.5 Å². The summed E-state index contributed by atoms with van der Waals surface area (Å²) in [6, 6.07) is 13.1. The number of amides is 1. The molecule has 0 bridgehead atoms. The zero-order chi connectivity index (χ0) is 14.8. The molecule has 0 saturated carbocycles. The summed E-state index contributed by atoms with van der Waals surface area (Å²) < 4.78 is 14.4. The van der Waals surface area contributed by atoms with Gasteiger partial charge in [0, 0.05) is 13.1 Å². The van der Waals surface area contributed by atoms with Crippen molar-refractivity contribution in [3.63, 3.8) is 0 Å². The van der Waals surface area contributed by atoms with Crippen LogP contribution in [0.5, 0.6) is 0 Å². The van der Waals surface area contributed by atoms with Crippen molar-refractivity contribution in [3.8, 4) is 0 Å². The van der Waals surface area contributed by atoms with Gasteiger partial charge in [0.25, 0.3) is 5.91 Å². The summed E-state index contributed by atoms with van der Waals surface area (Å²) in [6.45, 7) is 1.25. The van der Waals surface area contributed by atoms with E-state index >= 15 is 0 Å². The van der Waals surface area contributed by atoms with Gasteiger partial charge in [-0.1, -0.05) is 30.3 Å². The summed E-state index contributed by atoms with van der Waals surface area (Å²) in [5, 5.41) is 0. The van der Waals surface area contributed by atoms with Gasteiger partial charge < -0.3 is 4.90 Å². The molecule has 3 rings (SSSR count). The Kier molecular flexibility index (Phi) is 4.06. The summed E-state index contributed by atoms with van der Waals surface area (Å²) in [6.07, 6.45) is 1.63. The Hall–Kier alpha value is -1.68. The average Bonchev–Trinajstić information content (AvgIpc) is 2.72. The second-order valence-corrected chi connectivity index (χ2v) is 6.02. The molecule has 0 saturated heterocycles. The van der Waals surface area contributed by atoms with Crippen LogP contribution in [0.1, 0.15) is 21.5 Å². The minimum atomic E-state index is -0.482. The van der Waals surface area contributed by atoms with Crippen LogP contribution in [0.25, 0.3) is 0 Å². The fourth-order valence-corrected chi connectivity index (χ4v) is 3.08. The van der Waals surface area contributed by atoms with E-state index in [1.807, 2.05) is 12.1 Å². The van der Waals surface area contributed by atoms with Gasteiger partial charge in [-0.2, -0.15) is 0 Å². The van der Waals surface area contributed by atoms with Gasteiger partial charge in [-0.15, -0.1) is 0 Å². The molecule has 0 aliphatic carbocycles. The van der Waals surface area contributed by atoms with Gasteiger partial charge in [-0.05, 0) is 52.0 Å².